The van der Waals surface area contributed by atoms with Gasteiger partial charge in [0.2, 0.25) is 0 Å². The minimum Gasteiger partial charge on any atom is -0.371 e. The van der Waals surface area contributed by atoms with Gasteiger partial charge in [0.25, 0.3) is 0 Å². The first-order valence-corrected chi connectivity index (χ1v) is 4.65. The van der Waals surface area contributed by atoms with E-state index < -0.39 is 22.1 Å². The highest BCUT2D eigenvalue weighted by molar-refractivity contribution is 7.87. The molecule has 0 spiro atoms. The zero-order valence-electron chi connectivity index (χ0n) is 5.97. The van der Waals surface area contributed by atoms with E-state index in [-0.39, 0.29) is 6.10 Å². The van der Waals surface area contributed by atoms with Gasteiger partial charge < -0.3 is 4.74 Å². The molecule has 1 saturated carbocycles. The Morgan fingerprint density at radius 2 is 1.92 bits per heavy atom. The van der Waals surface area contributed by atoms with Crippen LogP contribution < -0.4 is 0 Å². The summed E-state index contributed by atoms with van der Waals surface area (Å²) in [5, 5.41) is -4.41. The van der Waals surface area contributed by atoms with Gasteiger partial charge in [-0.2, -0.15) is 17.2 Å². The summed E-state index contributed by atoms with van der Waals surface area (Å²) in [5.41, 5.74) is 0. The molecule has 0 aromatic rings. The maximum Gasteiger partial charge on any atom is 0.396 e. The SMILES string of the molecule is O=S(=O)(F)C(F)(F)COC1CC1. The van der Waals surface area contributed by atoms with Crippen molar-refractivity contribution in [1.29, 1.82) is 0 Å². The Balaban J connectivity index is 2.46. The van der Waals surface area contributed by atoms with Crippen LogP contribution in [0.3, 0.4) is 0 Å². The molecule has 0 N–H and O–H groups in total. The highest BCUT2D eigenvalue weighted by atomic mass is 32.3. The first kappa shape index (κ1) is 9.79. The zero-order valence-corrected chi connectivity index (χ0v) is 6.78. The zero-order chi connectivity index (χ0) is 9.41. The molecule has 7 heteroatoms. The maximum absolute atomic E-state index is 12.2. The minimum absolute atomic E-state index is 0.322. The van der Waals surface area contributed by atoms with E-state index in [0.717, 1.165) is 0 Å². The monoisotopic (exact) mass is 204 g/mol. The van der Waals surface area contributed by atoms with Crippen molar-refractivity contribution >= 4 is 10.2 Å². The highest BCUT2D eigenvalue weighted by Crippen LogP contribution is 2.29. The first-order valence-electron chi connectivity index (χ1n) is 3.26. The Hall–Kier alpha value is -0.300. The van der Waals surface area contributed by atoms with Crippen LogP contribution in [0.15, 0.2) is 0 Å². The molecule has 0 amide bonds. The molecule has 1 aliphatic rings. The average Bonchev–Trinajstić information content (AvgIpc) is 2.62. The van der Waals surface area contributed by atoms with E-state index in [9.17, 15) is 21.1 Å². The van der Waals surface area contributed by atoms with Crippen LogP contribution in [0.4, 0.5) is 12.7 Å². The van der Waals surface area contributed by atoms with Crippen LogP contribution in [0.2, 0.25) is 0 Å². The summed E-state index contributed by atoms with van der Waals surface area (Å²) in [6.07, 6.45) is 0.933. The summed E-state index contributed by atoms with van der Waals surface area (Å²) in [6.45, 7) is -1.39. The Bertz CT molecular complexity index is 257. The number of halogens is 3. The van der Waals surface area contributed by atoms with Gasteiger partial charge in [0, 0.05) is 0 Å². The molecule has 0 saturated heterocycles. The summed E-state index contributed by atoms with van der Waals surface area (Å²) in [6, 6.07) is 0. The lowest BCUT2D eigenvalue weighted by Gasteiger charge is -2.10. The van der Waals surface area contributed by atoms with Crippen LogP contribution in [0.25, 0.3) is 0 Å². The van der Waals surface area contributed by atoms with Crippen LogP contribution in [0, 0.1) is 0 Å². The summed E-state index contributed by atoms with van der Waals surface area (Å²) in [5.74, 6) is 0. The van der Waals surface area contributed by atoms with E-state index in [1.807, 2.05) is 0 Å². The van der Waals surface area contributed by atoms with Crippen molar-refractivity contribution in [3.05, 3.63) is 0 Å². The number of rotatable bonds is 4. The molecule has 1 fully saturated rings. The molecule has 0 bridgehead atoms. The summed E-state index contributed by atoms with van der Waals surface area (Å²) >= 11 is 0. The number of hydrogen-bond acceptors (Lipinski definition) is 3. The van der Waals surface area contributed by atoms with Gasteiger partial charge in [0.15, 0.2) is 0 Å². The molecule has 0 heterocycles. The smallest absolute Gasteiger partial charge is 0.371 e. The van der Waals surface area contributed by atoms with E-state index in [1.54, 1.807) is 0 Å². The Morgan fingerprint density at radius 1 is 1.42 bits per heavy atom. The molecule has 72 valence electrons. The molecule has 0 atom stereocenters. The van der Waals surface area contributed by atoms with E-state index in [0.29, 0.717) is 12.8 Å². The second-order valence-electron chi connectivity index (χ2n) is 2.59. The summed E-state index contributed by atoms with van der Waals surface area (Å²) < 4.78 is 60.2. The average molecular weight is 204 g/mol. The number of alkyl halides is 2. The maximum atomic E-state index is 12.2. The fourth-order valence-electron chi connectivity index (χ4n) is 0.520. The third-order valence-corrected chi connectivity index (χ3v) is 2.20. The number of ether oxygens (including phenoxy) is 1. The predicted molar refractivity (Wildman–Crippen MR) is 33.9 cm³/mol. The fraction of sp³-hybridized carbons (Fsp3) is 1.00. The fourth-order valence-corrected chi connectivity index (χ4v) is 0.729. The van der Waals surface area contributed by atoms with E-state index in [4.69, 9.17) is 0 Å². The second-order valence-corrected chi connectivity index (χ2v) is 4.06. The third-order valence-electron chi connectivity index (χ3n) is 1.37. The van der Waals surface area contributed by atoms with Crippen LogP contribution in [0.5, 0.6) is 0 Å². The molecular weight excluding hydrogens is 197 g/mol. The van der Waals surface area contributed by atoms with E-state index in [2.05, 4.69) is 4.74 Å². The first-order chi connectivity index (χ1) is 5.33. The number of hydrogen-bond donors (Lipinski definition) is 0. The van der Waals surface area contributed by atoms with Crippen molar-refractivity contribution in [3.8, 4) is 0 Å². The third kappa shape index (κ3) is 2.34. The van der Waals surface area contributed by atoms with Crippen molar-refractivity contribution in [3.63, 3.8) is 0 Å². The quantitative estimate of drug-likeness (QED) is 0.643. The van der Waals surface area contributed by atoms with Gasteiger partial charge in [-0.05, 0) is 12.8 Å². The van der Waals surface area contributed by atoms with Crippen molar-refractivity contribution in [2.75, 3.05) is 6.61 Å². The molecular formula is C5H7F3O3S. The standard InChI is InChI=1S/C5H7F3O3S/c6-5(7,12(8,9)10)3-11-4-1-2-4/h4H,1-3H2. The van der Waals surface area contributed by atoms with Crippen molar-refractivity contribution < 1.29 is 25.8 Å². The predicted octanol–water partition coefficient (Wildman–Crippen LogP) is 1.06. The van der Waals surface area contributed by atoms with E-state index >= 15 is 0 Å². The minimum atomic E-state index is -5.83. The Labute approximate surface area is 67.7 Å². The molecule has 1 aliphatic carbocycles. The second kappa shape index (κ2) is 2.88. The lowest BCUT2D eigenvalue weighted by molar-refractivity contribution is -0.0244. The van der Waals surface area contributed by atoms with E-state index in [1.165, 1.54) is 0 Å². The highest BCUT2D eigenvalue weighted by Gasteiger charge is 2.47. The lowest BCUT2D eigenvalue weighted by atomic mass is 10.7. The van der Waals surface area contributed by atoms with Gasteiger partial charge in [-0.3, -0.25) is 0 Å². The molecule has 1 rings (SSSR count). The molecule has 0 radical (unpaired) electrons. The molecule has 0 aromatic heterocycles. The Morgan fingerprint density at radius 3 is 2.25 bits per heavy atom. The van der Waals surface area contributed by atoms with Gasteiger partial charge in [0.1, 0.15) is 6.61 Å². The summed E-state index contributed by atoms with van der Waals surface area (Å²) in [7, 11) is -5.83. The van der Waals surface area contributed by atoms with Crippen LogP contribution in [-0.4, -0.2) is 26.4 Å². The van der Waals surface area contributed by atoms with Crippen LogP contribution in [0.1, 0.15) is 12.8 Å². The Kier molecular flexibility index (Phi) is 2.35. The van der Waals surface area contributed by atoms with Gasteiger partial charge in [-0.1, -0.05) is 3.89 Å². The molecule has 0 aliphatic heterocycles. The van der Waals surface area contributed by atoms with Crippen molar-refractivity contribution in [1.82, 2.24) is 0 Å². The molecule has 0 unspecified atom stereocenters. The largest absolute Gasteiger partial charge is 0.396 e. The van der Waals surface area contributed by atoms with Gasteiger partial charge in [0.05, 0.1) is 6.10 Å². The molecule has 3 nitrogen and oxygen atoms in total. The van der Waals surface area contributed by atoms with Crippen LogP contribution in [-0.2, 0) is 15.0 Å². The topological polar surface area (TPSA) is 43.4 Å². The lowest BCUT2D eigenvalue weighted by Crippen LogP contribution is -2.31. The van der Waals surface area contributed by atoms with Crippen LogP contribution >= 0.6 is 0 Å². The van der Waals surface area contributed by atoms with Crippen molar-refractivity contribution in [2.24, 2.45) is 0 Å². The molecule has 0 aromatic carbocycles. The molecule has 12 heavy (non-hydrogen) atoms. The summed E-state index contributed by atoms with van der Waals surface area (Å²) in [4.78, 5) is 0. The van der Waals surface area contributed by atoms with Gasteiger partial charge >= 0.3 is 15.5 Å². The normalized spacial score (nSPS) is 19.6. The van der Waals surface area contributed by atoms with Gasteiger partial charge in [-0.15, -0.1) is 0 Å². The van der Waals surface area contributed by atoms with Crippen molar-refractivity contribution in [2.45, 2.75) is 24.2 Å². The van der Waals surface area contributed by atoms with Gasteiger partial charge in [-0.25, -0.2) is 0 Å².